The van der Waals surface area contributed by atoms with Crippen LogP contribution >= 0.6 is 0 Å². The summed E-state index contributed by atoms with van der Waals surface area (Å²) < 4.78 is 32.2. The van der Waals surface area contributed by atoms with E-state index < -0.39 is 17.7 Å². The molecule has 0 amide bonds. The summed E-state index contributed by atoms with van der Waals surface area (Å²) >= 11 is 0. The number of nitrogens with zero attached hydrogens (tertiary/aromatic N) is 1. The molecular weight excluding hydrogens is 262 g/mol. The summed E-state index contributed by atoms with van der Waals surface area (Å²) in [7, 11) is 0. The maximum Gasteiger partial charge on any atom is 0.144 e. The third-order valence-electron chi connectivity index (χ3n) is 2.75. The molecule has 0 saturated heterocycles. The second-order valence-electron chi connectivity index (χ2n) is 4.33. The van der Waals surface area contributed by atoms with Crippen molar-refractivity contribution in [2.45, 2.75) is 13.0 Å². The second kappa shape index (κ2) is 5.68. The Morgan fingerprint density at radius 2 is 1.95 bits per heavy atom. The van der Waals surface area contributed by atoms with Crippen molar-refractivity contribution in [3.63, 3.8) is 0 Å². The van der Waals surface area contributed by atoms with Crippen molar-refractivity contribution in [2.75, 3.05) is 0 Å². The molecule has 3 nitrogen and oxygen atoms in total. The van der Waals surface area contributed by atoms with Crippen LogP contribution in [-0.2, 0) is 0 Å². The lowest BCUT2D eigenvalue weighted by Gasteiger charge is -2.14. The zero-order valence-corrected chi connectivity index (χ0v) is 10.7. The second-order valence-corrected chi connectivity index (χ2v) is 4.33. The average Bonchev–Trinajstić information content (AvgIpc) is 2.41. The van der Waals surface area contributed by atoms with E-state index in [-0.39, 0.29) is 11.3 Å². The molecule has 0 fully saturated rings. The molecule has 2 aromatic carbocycles. The Labute approximate surface area is 115 Å². The summed E-state index contributed by atoms with van der Waals surface area (Å²) in [4.78, 5) is 0. The van der Waals surface area contributed by atoms with E-state index in [4.69, 9.17) is 15.7 Å². The van der Waals surface area contributed by atoms with Gasteiger partial charge in [0.1, 0.15) is 29.2 Å². The number of halogens is 2. The van der Waals surface area contributed by atoms with Gasteiger partial charge in [0.05, 0.1) is 5.56 Å². The number of benzene rings is 2. The molecule has 0 aliphatic rings. The molecule has 0 saturated carbocycles. The van der Waals surface area contributed by atoms with E-state index in [1.165, 1.54) is 30.3 Å². The molecule has 0 aliphatic heterocycles. The number of nitriles is 1. The van der Waals surface area contributed by atoms with Crippen molar-refractivity contribution in [1.29, 1.82) is 5.26 Å². The van der Waals surface area contributed by atoms with Gasteiger partial charge in [0.2, 0.25) is 0 Å². The molecule has 2 rings (SSSR count). The van der Waals surface area contributed by atoms with Gasteiger partial charge in [-0.15, -0.1) is 0 Å². The van der Waals surface area contributed by atoms with Crippen molar-refractivity contribution in [2.24, 2.45) is 5.73 Å². The highest BCUT2D eigenvalue weighted by Crippen LogP contribution is 2.30. The van der Waals surface area contributed by atoms with Crippen molar-refractivity contribution in [1.82, 2.24) is 0 Å². The predicted molar refractivity (Wildman–Crippen MR) is 70.2 cm³/mol. The highest BCUT2D eigenvalue weighted by atomic mass is 19.1. The van der Waals surface area contributed by atoms with E-state index in [9.17, 15) is 8.78 Å². The van der Waals surface area contributed by atoms with Crippen molar-refractivity contribution >= 4 is 0 Å². The van der Waals surface area contributed by atoms with Gasteiger partial charge in [0, 0.05) is 17.7 Å². The Kier molecular flexibility index (Phi) is 3.97. The third-order valence-corrected chi connectivity index (χ3v) is 2.75. The maximum absolute atomic E-state index is 13.5. The monoisotopic (exact) mass is 274 g/mol. The quantitative estimate of drug-likeness (QED) is 0.929. The molecule has 2 aromatic rings. The summed E-state index contributed by atoms with van der Waals surface area (Å²) in [6.07, 6.45) is 0. The minimum atomic E-state index is -0.672. The number of hydrogen-bond acceptors (Lipinski definition) is 3. The molecule has 0 aliphatic carbocycles. The maximum atomic E-state index is 13.5. The van der Waals surface area contributed by atoms with E-state index in [1.54, 1.807) is 13.0 Å². The SMILES string of the molecule is C[C@@H](N)c1cc(F)ccc1Oc1ccc(C#N)c(F)c1. The molecule has 0 aromatic heterocycles. The Morgan fingerprint density at radius 3 is 2.55 bits per heavy atom. The van der Waals surface area contributed by atoms with E-state index >= 15 is 0 Å². The standard InChI is InChI=1S/C15H12F2N2O/c1-9(19)13-6-11(16)3-5-15(13)20-12-4-2-10(8-18)14(17)7-12/h2-7,9H,19H2,1H3/t9-/m1/s1. The van der Waals surface area contributed by atoms with Crippen molar-refractivity contribution in [3.8, 4) is 17.6 Å². The van der Waals surface area contributed by atoms with Crippen molar-refractivity contribution in [3.05, 3.63) is 59.2 Å². The van der Waals surface area contributed by atoms with Gasteiger partial charge in [0.25, 0.3) is 0 Å². The normalized spacial score (nSPS) is 11.8. The van der Waals surface area contributed by atoms with Crippen LogP contribution < -0.4 is 10.5 Å². The van der Waals surface area contributed by atoms with Gasteiger partial charge in [-0.3, -0.25) is 0 Å². The van der Waals surface area contributed by atoms with Crippen LogP contribution in [0.3, 0.4) is 0 Å². The fourth-order valence-electron chi connectivity index (χ4n) is 1.75. The molecule has 2 N–H and O–H groups in total. The van der Waals surface area contributed by atoms with E-state index in [1.807, 2.05) is 0 Å². The first-order valence-electron chi connectivity index (χ1n) is 5.94. The zero-order valence-electron chi connectivity index (χ0n) is 10.7. The van der Waals surface area contributed by atoms with Crippen LogP contribution in [0.2, 0.25) is 0 Å². The highest BCUT2D eigenvalue weighted by molar-refractivity contribution is 5.42. The summed E-state index contributed by atoms with van der Waals surface area (Å²) in [5.41, 5.74) is 6.16. The third kappa shape index (κ3) is 2.92. The average molecular weight is 274 g/mol. The molecule has 1 atom stereocenters. The fourth-order valence-corrected chi connectivity index (χ4v) is 1.75. The van der Waals surface area contributed by atoms with Crippen LogP contribution in [0.25, 0.3) is 0 Å². The van der Waals surface area contributed by atoms with Gasteiger partial charge in [-0.25, -0.2) is 8.78 Å². The minimum Gasteiger partial charge on any atom is -0.457 e. The molecular formula is C15H12F2N2O. The summed E-state index contributed by atoms with van der Waals surface area (Å²) in [5.74, 6) is -0.523. The number of rotatable bonds is 3. The number of ether oxygens (including phenoxy) is 1. The van der Waals surface area contributed by atoms with Gasteiger partial charge >= 0.3 is 0 Å². The fraction of sp³-hybridized carbons (Fsp3) is 0.133. The zero-order chi connectivity index (χ0) is 14.7. The van der Waals surface area contributed by atoms with Crippen LogP contribution in [-0.4, -0.2) is 0 Å². The minimum absolute atomic E-state index is 0.0659. The molecule has 5 heteroatoms. The first-order valence-corrected chi connectivity index (χ1v) is 5.94. The molecule has 0 spiro atoms. The van der Waals surface area contributed by atoms with Crippen LogP contribution in [0.1, 0.15) is 24.1 Å². The number of hydrogen-bond donors (Lipinski definition) is 1. The molecule has 0 radical (unpaired) electrons. The largest absolute Gasteiger partial charge is 0.457 e. The van der Waals surface area contributed by atoms with Crippen molar-refractivity contribution < 1.29 is 13.5 Å². The van der Waals surface area contributed by atoms with Crippen LogP contribution in [0.5, 0.6) is 11.5 Å². The van der Waals surface area contributed by atoms with Gasteiger partial charge in [-0.1, -0.05) is 0 Å². The Balaban J connectivity index is 2.35. The number of nitrogens with two attached hydrogens (primary N) is 1. The smallest absolute Gasteiger partial charge is 0.144 e. The van der Waals surface area contributed by atoms with Crippen LogP contribution in [0.15, 0.2) is 36.4 Å². The van der Waals surface area contributed by atoms with Gasteiger partial charge in [-0.2, -0.15) is 5.26 Å². The summed E-state index contributed by atoms with van der Waals surface area (Å²) in [6, 6.07) is 9.14. The predicted octanol–water partition coefficient (Wildman–Crippen LogP) is 3.65. The lowest BCUT2D eigenvalue weighted by molar-refractivity contribution is 0.464. The van der Waals surface area contributed by atoms with Crippen LogP contribution in [0.4, 0.5) is 8.78 Å². The molecule has 0 bridgehead atoms. The molecule has 20 heavy (non-hydrogen) atoms. The summed E-state index contributed by atoms with van der Waals surface area (Å²) in [5, 5.41) is 8.66. The lowest BCUT2D eigenvalue weighted by atomic mass is 10.1. The van der Waals surface area contributed by atoms with E-state index in [0.29, 0.717) is 11.3 Å². The molecule has 0 unspecified atom stereocenters. The van der Waals surface area contributed by atoms with Crippen LogP contribution in [0, 0.1) is 23.0 Å². The van der Waals surface area contributed by atoms with Gasteiger partial charge in [-0.05, 0) is 37.3 Å². The molecule has 102 valence electrons. The Morgan fingerprint density at radius 1 is 1.20 bits per heavy atom. The first kappa shape index (κ1) is 14.0. The Bertz CT molecular complexity index is 678. The molecule has 0 heterocycles. The summed E-state index contributed by atoms with van der Waals surface area (Å²) in [6.45, 7) is 1.70. The lowest BCUT2D eigenvalue weighted by Crippen LogP contribution is -2.07. The van der Waals surface area contributed by atoms with Gasteiger partial charge < -0.3 is 10.5 Å². The van der Waals surface area contributed by atoms with Gasteiger partial charge in [0.15, 0.2) is 0 Å². The highest BCUT2D eigenvalue weighted by Gasteiger charge is 2.11. The topological polar surface area (TPSA) is 59.0 Å². The van der Waals surface area contributed by atoms with E-state index in [0.717, 1.165) is 6.07 Å². The Hall–Kier alpha value is -2.45. The van der Waals surface area contributed by atoms with E-state index in [2.05, 4.69) is 0 Å². The first-order chi connectivity index (χ1) is 9.51.